The fourth-order valence-corrected chi connectivity index (χ4v) is 3.65. The second-order valence-electron chi connectivity index (χ2n) is 5.71. The molecule has 3 heterocycles. The van der Waals surface area contributed by atoms with Crippen molar-refractivity contribution in [3.63, 3.8) is 0 Å². The maximum absolute atomic E-state index is 12.7. The Balaban J connectivity index is 1.67. The molecule has 0 radical (unpaired) electrons. The summed E-state index contributed by atoms with van der Waals surface area (Å²) in [6, 6.07) is 8.40. The van der Waals surface area contributed by atoms with Crippen molar-refractivity contribution in [1.82, 2.24) is 29.5 Å². The van der Waals surface area contributed by atoms with Crippen LogP contribution < -0.4 is 4.72 Å². The zero-order valence-electron chi connectivity index (χ0n) is 14.0. The molecular formula is C16H15N7O2S. The molecule has 0 saturated heterocycles. The smallest absolute Gasteiger partial charge is 0.263 e. The molecule has 1 aromatic carbocycles. The van der Waals surface area contributed by atoms with Crippen LogP contribution in [0.25, 0.3) is 16.7 Å². The predicted molar refractivity (Wildman–Crippen MR) is 95.4 cm³/mol. The van der Waals surface area contributed by atoms with Crippen LogP contribution in [0.3, 0.4) is 0 Å². The third-order valence-corrected chi connectivity index (χ3v) is 5.23. The number of para-hydroxylation sites is 1. The van der Waals surface area contributed by atoms with Gasteiger partial charge in [0.15, 0.2) is 5.82 Å². The van der Waals surface area contributed by atoms with E-state index in [2.05, 4.69) is 24.9 Å². The van der Waals surface area contributed by atoms with Gasteiger partial charge in [-0.3, -0.25) is 9.40 Å². The van der Waals surface area contributed by atoms with Crippen molar-refractivity contribution in [2.24, 2.45) is 7.05 Å². The van der Waals surface area contributed by atoms with Crippen LogP contribution in [0.15, 0.2) is 53.9 Å². The number of pyridine rings is 1. The highest BCUT2D eigenvalue weighted by molar-refractivity contribution is 7.92. The molecule has 0 unspecified atom stereocenters. The van der Waals surface area contributed by atoms with Gasteiger partial charge >= 0.3 is 0 Å². The first-order valence-corrected chi connectivity index (χ1v) is 9.20. The Labute approximate surface area is 149 Å². The van der Waals surface area contributed by atoms with Crippen molar-refractivity contribution >= 4 is 26.6 Å². The van der Waals surface area contributed by atoms with Gasteiger partial charge in [0, 0.05) is 18.6 Å². The number of fused-ring (bicyclic) bond motifs is 1. The number of anilines is 1. The number of rotatable bonds is 4. The van der Waals surface area contributed by atoms with Crippen molar-refractivity contribution in [2.45, 2.75) is 11.8 Å². The maximum Gasteiger partial charge on any atom is 0.263 e. The molecule has 26 heavy (non-hydrogen) atoms. The number of nitrogens with one attached hydrogen (secondary N) is 1. The molecule has 4 aromatic rings. The van der Waals surface area contributed by atoms with E-state index >= 15 is 0 Å². The molecule has 0 bridgehead atoms. The highest BCUT2D eigenvalue weighted by Gasteiger charge is 2.17. The summed E-state index contributed by atoms with van der Waals surface area (Å²) >= 11 is 0. The van der Waals surface area contributed by atoms with Gasteiger partial charge < -0.3 is 0 Å². The Morgan fingerprint density at radius 3 is 2.62 bits per heavy atom. The normalized spacial score (nSPS) is 11.8. The van der Waals surface area contributed by atoms with Crippen LogP contribution in [-0.2, 0) is 17.1 Å². The summed E-state index contributed by atoms with van der Waals surface area (Å²) < 4.78 is 31.1. The molecule has 0 saturated carbocycles. The van der Waals surface area contributed by atoms with Crippen LogP contribution in [0.2, 0.25) is 0 Å². The third-order valence-electron chi connectivity index (χ3n) is 3.88. The molecule has 0 aliphatic heterocycles. The lowest BCUT2D eigenvalue weighted by atomic mass is 10.2. The van der Waals surface area contributed by atoms with Gasteiger partial charge in [-0.15, -0.1) is 0 Å². The highest BCUT2D eigenvalue weighted by atomic mass is 32.2. The Morgan fingerprint density at radius 1 is 1.08 bits per heavy atom. The Hall–Kier alpha value is -3.27. The van der Waals surface area contributed by atoms with Gasteiger partial charge in [-0.05, 0) is 25.1 Å². The largest absolute Gasteiger partial charge is 0.277 e. The molecule has 0 aliphatic carbocycles. The summed E-state index contributed by atoms with van der Waals surface area (Å²) in [5.41, 5.74) is 1.16. The van der Waals surface area contributed by atoms with Gasteiger partial charge in [-0.25, -0.2) is 23.1 Å². The summed E-state index contributed by atoms with van der Waals surface area (Å²) in [6.07, 6.45) is 4.49. The standard InChI is InChI=1S/C16H15N7O2S/c1-11-18-10-23(20-11)15-7-6-13(9-17-15)26(24,25)21-14-5-3-4-12-8-19-22(2)16(12)14/h3-10,21H,1-2H3. The zero-order valence-corrected chi connectivity index (χ0v) is 14.8. The monoisotopic (exact) mass is 369 g/mol. The second kappa shape index (κ2) is 5.92. The van der Waals surface area contributed by atoms with E-state index in [9.17, 15) is 8.42 Å². The van der Waals surface area contributed by atoms with E-state index in [4.69, 9.17) is 0 Å². The van der Waals surface area contributed by atoms with E-state index in [0.29, 0.717) is 22.8 Å². The minimum atomic E-state index is -3.79. The fraction of sp³-hybridized carbons (Fsp3) is 0.125. The van der Waals surface area contributed by atoms with Crippen LogP contribution in [0.5, 0.6) is 0 Å². The first-order chi connectivity index (χ1) is 12.4. The van der Waals surface area contributed by atoms with Crippen molar-refractivity contribution in [3.8, 4) is 5.82 Å². The molecule has 132 valence electrons. The molecule has 9 nitrogen and oxygen atoms in total. The number of benzene rings is 1. The lowest BCUT2D eigenvalue weighted by molar-refractivity contribution is 0.600. The molecule has 10 heteroatoms. The quantitative estimate of drug-likeness (QED) is 0.586. The predicted octanol–water partition coefficient (Wildman–Crippen LogP) is 1.66. The van der Waals surface area contributed by atoms with Gasteiger partial charge in [0.1, 0.15) is 17.0 Å². The number of hydrogen-bond donors (Lipinski definition) is 1. The topological polar surface area (TPSA) is 108 Å². The zero-order chi connectivity index (χ0) is 18.3. The molecule has 0 spiro atoms. The van der Waals surface area contributed by atoms with E-state index in [1.807, 2.05) is 6.07 Å². The van der Waals surface area contributed by atoms with Gasteiger partial charge in [-0.2, -0.15) is 10.2 Å². The number of aryl methyl sites for hydroxylation is 2. The molecule has 0 amide bonds. The minimum Gasteiger partial charge on any atom is -0.277 e. The summed E-state index contributed by atoms with van der Waals surface area (Å²) in [6.45, 7) is 1.76. The lowest BCUT2D eigenvalue weighted by Crippen LogP contribution is -2.14. The second-order valence-corrected chi connectivity index (χ2v) is 7.39. The van der Waals surface area contributed by atoms with Crippen LogP contribution in [0, 0.1) is 6.92 Å². The van der Waals surface area contributed by atoms with Crippen LogP contribution in [0.4, 0.5) is 5.69 Å². The average Bonchev–Trinajstić information content (AvgIpc) is 3.22. The van der Waals surface area contributed by atoms with E-state index in [0.717, 1.165) is 5.39 Å². The summed E-state index contributed by atoms with van der Waals surface area (Å²) in [5, 5.41) is 9.16. The van der Waals surface area contributed by atoms with Crippen molar-refractivity contribution < 1.29 is 8.42 Å². The van der Waals surface area contributed by atoms with Gasteiger partial charge in [-0.1, -0.05) is 12.1 Å². The molecule has 0 fully saturated rings. The Morgan fingerprint density at radius 2 is 1.92 bits per heavy atom. The van der Waals surface area contributed by atoms with Gasteiger partial charge in [0.2, 0.25) is 0 Å². The number of hydrogen-bond acceptors (Lipinski definition) is 6. The summed E-state index contributed by atoms with van der Waals surface area (Å²) in [7, 11) is -2.03. The van der Waals surface area contributed by atoms with E-state index in [-0.39, 0.29) is 4.90 Å². The Kier molecular flexibility index (Phi) is 3.69. The number of sulfonamides is 1. The average molecular weight is 369 g/mol. The van der Waals surface area contributed by atoms with Crippen LogP contribution in [0.1, 0.15) is 5.82 Å². The van der Waals surface area contributed by atoms with Crippen LogP contribution >= 0.6 is 0 Å². The first kappa shape index (κ1) is 16.2. The minimum absolute atomic E-state index is 0.0530. The molecule has 4 rings (SSSR count). The van der Waals surface area contributed by atoms with Crippen molar-refractivity contribution in [3.05, 3.63) is 54.9 Å². The fourth-order valence-electron chi connectivity index (χ4n) is 2.64. The number of aromatic nitrogens is 6. The third kappa shape index (κ3) is 2.80. The Bertz CT molecular complexity index is 1190. The maximum atomic E-state index is 12.7. The molecule has 0 atom stereocenters. The highest BCUT2D eigenvalue weighted by Crippen LogP contribution is 2.25. The number of nitrogens with zero attached hydrogens (tertiary/aromatic N) is 6. The van der Waals surface area contributed by atoms with E-state index in [1.165, 1.54) is 23.3 Å². The van der Waals surface area contributed by atoms with Crippen LogP contribution in [-0.4, -0.2) is 37.9 Å². The molecule has 0 aliphatic rings. The van der Waals surface area contributed by atoms with Crippen molar-refractivity contribution in [1.29, 1.82) is 0 Å². The SMILES string of the molecule is Cc1ncn(-c2ccc(S(=O)(=O)Nc3cccc4cnn(C)c34)cn2)n1. The molecule has 3 aromatic heterocycles. The molecule has 1 N–H and O–H groups in total. The summed E-state index contributed by atoms with van der Waals surface area (Å²) in [4.78, 5) is 8.24. The summed E-state index contributed by atoms with van der Waals surface area (Å²) in [5.74, 6) is 1.09. The van der Waals surface area contributed by atoms with Crippen molar-refractivity contribution in [2.75, 3.05) is 4.72 Å². The van der Waals surface area contributed by atoms with Gasteiger partial charge in [0.25, 0.3) is 10.0 Å². The lowest BCUT2D eigenvalue weighted by Gasteiger charge is -2.10. The first-order valence-electron chi connectivity index (χ1n) is 7.72. The van der Waals surface area contributed by atoms with Gasteiger partial charge in [0.05, 0.1) is 17.4 Å². The van der Waals surface area contributed by atoms with E-state index < -0.39 is 10.0 Å². The van der Waals surface area contributed by atoms with E-state index in [1.54, 1.807) is 43.0 Å². The molecular weight excluding hydrogens is 354 g/mol.